The molecule has 1 fully saturated rings. The molecule has 5 heteroatoms. The van der Waals surface area contributed by atoms with E-state index in [1.54, 1.807) is 0 Å². The number of carbonyl (C=O) groups excluding carboxylic acids is 1. The zero-order valence-corrected chi connectivity index (χ0v) is 12.2. The Kier molecular flexibility index (Phi) is 7.13. The summed E-state index contributed by atoms with van der Waals surface area (Å²) in [6.07, 6.45) is 0. The molecule has 1 rings (SSSR count). The Morgan fingerprint density at radius 1 is 1.21 bits per heavy atom. The third kappa shape index (κ3) is 4.83. The Bertz CT molecular complexity index is 179. The van der Waals surface area contributed by atoms with Gasteiger partial charge >= 0.3 is 0 Å². The molecular weight excluding hydrogens is 255 g/mol. The summed E-state index contributed by atoms with van der Waals surface area (Å²) in [4.78, 5) is 17.7. The molecule has 1 heterocycles. The summed E-state index contributed by atoms with van der Waals surface area (Å²) < 4.78 is 0. The number of likely N-dealkylation sites (N-methyl/N-ethyl adjacent to an activating group) is 2. The Labute approximate surface area is 111 Å². The summed E-state index contributed by atoms with van der Waals surface area (Å²) in [5.74, 6) is 0.248. The van der Waals surface area contributed by atoms with Gasteiger partial charge in [0.25, 0.3) is 0 Å². The molecule has 0 aromatic carbocycles. The van der Waals surface area contributed by atoms with Gasteiger partial charge in [-0.1, -0.05) is 0 Å². The summed E-state index contributed by atoms with van der Waals surface area (Å²) in [5, 5.41) is 0. The second kappa shape index (κ2) is 6.88. The van der Waals surface area contributed by atoms with Gasteiger partial charge in [-0.05, 0) is 21.1 Å². The minimum absolute atomic E-state index is 0. The van der Waals surface area contributed by atoms with Crippen LogP contribution in [0.5, 0.6) is 0 Å². The van der Waals surface area contributed by atoms with E-state index in [1.165, 1.54) is 0 Å². The smallest absolute Gasteiger partial charge is 0.236 e. The van der Waals surface area contributed by atoms with E-state index in [1.807, 2.05) is 23.9 Å². The van der Waals surface area contributed by atoms with E-state index < -0.39 is 0 Å². The van der Waals surface area contributed by atoms with Crippen molar-refractivity contribution in [2.45, 2.75) is 0 Å². The van der Waals surface area contributed by atoms with Crippen LogP contribution in [-0.4, -0.2) is 74.5 Å². The molecule has 0 aromatic heterocycles. The van der Waals surface area contributed by atoms with Gasteiger partial charge in [-0.2, -0.15) is 0 Å². The van der Waals surface area contributed by atoms with Crippen LogP contribution in [0.1, 0.15) is 0 Å². The molecule has 1 radical (unpaired) electrons. The molecule has 0 spiro atoms. The van der Waals surface area contributed by atoms with Crippen molar-refractivity contribution < 1.29 is 37.5 Å². The fraction of sp³-hybridized carbons (Fsp3) is 0.889. The maximum absolute atomic E-state index is 11.6. The molecule has 4 nitrogen and oxygen atoms in total. The first-order chi connectivity index (χ1) is 6.09. The van der Waals surface area contributed by atoms with Crippen molar-refractivity contribution in [3.8, 4) is 0 Å². The number of hydrogen-bond acceptors (Lipinski definition) is 3. The van der Waals surface area contributed by atoms with Crippen LogP contribution in [0.4, 0.5) is 0 Å². The van der Waals surface area contributed by atoms with Crippen LogP contribution in [0.3, 0.4) is 0 Å². The first-order valence-electron chi connectivity index (χ1n) is 4.70. The van der Waals surface area contributed by atoms with Gasteiger partial charge in [-0.15, -0.1) is 0 Å². The molecular formula is C9H19N3OY. The monoisotopic (exact) mass is 274 g/mol. The van der Waals surface area contributed by atoms with Crippen LogP contribution in [0.25, 0.3) is 0 Å². The van der Waals surface area contributed by atoms with Crippen molar-refractivity contribution in [1.29, 1.82) is 0 Å². The van der Waals surface area contributed by atoms with E-state index >= 15 is 0 Å². The Morgan fingerprint density at radius 2 is 1.71 bits per heavy atom. The van der Waals surface area contributed by atoms with Crippen molar-refractivity contribution in [3.63, 3.8) is 0 Å². The van der Waals surface area contributed by atoms with Gasteiger partial charge in [-0.3, -0.25) is 4.79 Å². The zero-order chi connectivity index (χ0) is 9.84. The summed E-state index contributed by atoms with van der Waals surface area (Å²) in [6.45, 7) is 4.29. The number of carbonyl (C=O) groups is 1. The summed E-state index contributed by atoms with van der Waals surface area (Å²) in [5.41, 5.74) is 0. The van der Waals surface area contributed by atoms with Gasteiger partial charge in [0.2, 0.25) is 5.91 Å². The second-order valence-electron chi connectivity index (χ2n) is 3.92. The number of piperazine rings is 1. The molecule has 1 amide bonds. The molecule has 0 aliphatic carbocycles. The van der Waals surface area contributed by atoms with E-state index in [2.05, 4.69) is 11.9 Å². The average Bonchev–Trinajstić information content (AvgIpc) is 2.04. The van der Waals surface area contributed by atoms with Gasteiger partial charge < -0.3 is 14.7 Å². The van der Waals surface area contributed by atoms with E-state index in [9.17, 15) is 4.79 Å². The second-order valence-corrected chi connectivity index (χ2v) is 3.92. The fourth-order valence-corrected chi connectivity index (χ4v) is 1.43. The third-order valence-electron chi connectivity index (χ3n) is 2.31. The Morgan fingerprint density at radius 3 is 2.14 bits per heavy atom. The van der Waals surface area contributed by atoms with E-state index in [0.29, 0.717) is 6.54 Å². The standard InChI is InChI=1S/C9H19N3O.Y/c1-10(2)8-9(13)12-6-4-11(3)5-7-12;/h4-8H2,1-3H3;. The summed E-state index contributed by atoms with van der Waals surface area (Å²) >= 11 is 0. The van der Waals surface area contributed by atoms with Crippen molar-refractivity contribution in [2.75, 3.05) is 53.9 Å². The fourth-order valence-electron chi connectivity index (χ4n) is 1.43. The van der Waals surface area contributed by atoms with Crippen LogP contribution in [-0.2, 0) is 37.5 Å². The van der Waals surface area contributed by atoms with Crippen LogP contribution in [0.2, 0.25) is 0 Å². The van der Waals surface area contributed by atoms with Gasteiger partial charge in [0.15, 0.2) is 0 Å². The van der Waals surface area contributed by atoms with Crippen molar-refractivity contribution in [3.05, 3.63) is 0 Å². The molecule has 14 heavy (non-hydrogen) atoms. The number of nitrogens with zero attached hydrogens (tertiary/aromatic N) is 3. The maximum Gasteiger partial charge on any atom is 0.236 e. The molecule has 0 unspecified atom stereocenters. The first kappa shape index (κ1) is 14.5. The predicted molar refractivity (Wildman–Crippen MR) is 52.6 cm³/mol. The van der Waals surface area contributed by atoms with Gasteiger partial charge in [0.05, 0.1) is 6.54 Å². The molecule has 79 valence electrons. The summed E-state index contributed by atoms with van der Waals surface area (Å²) in [6, 6.07) is 0. The van der Waals surface area contributed by atoms with Crippen molar-refractivity contribution >= 4 is 5.91 Å². The quantitative estimate of drug-likeness (QED) is 0.667. The predicted octanol–water partition coefficient (Wildman–Crippen LogP) is -0.680. The van der Waals surface area contributed by atoms with Crippen molar-refractivity contribution in [2.24, 2.45) is 0 Å². The van der Waals surface area contributed by atoms with Crippen LogP contribution < -0.4 is 0 Å². The number of hydrogen-bond donors (Lipinski definition) is 0. The normalized spacial score (nSPS) is 18.1. The zero-order valence-electron chi connectivity index (χ0n) is 9.36. The average molecular weight is 274 g/mol. The molecule has 0 bridgehead atoms. The van der Waals surface area contributed by atoms with E-state index in [4.69, 9.17) is 0 Å². The van der Waals surface area contributed by atoms with Crippen LogP contribution in [0.15, 0.2) is 0 Å². The largest absolute Gasteiger partial charge is 0.339 e. The minimum atomic E-state index is 0. The number of amides is 1. The van der Waals surface area contributed by atoms with Gasteiger partial charge in [0, 0.05) is 58.9 Å². The molecule has 1 saturated heterocycles. The molecule has 0 aromatic rings. The SMILES string of the molecule is CN(C)CC(=O)N1CCN(C)CC1.[Y]. The van der Waals surface area contributed by atoms with Crippen LogP contribution in [0, 0.1) is 0 Å². The van der Waals surface area contributed by atoms with Crippen LogP contribution >= 0.6 is 0 Å². The first-order valence-corrected chi connectivity index (χ1v) is 4.70. The van der Waals surface area contributed by atoms with E-state index in [0.717, 1.165) is 26.2 Å². The minimum Gasteiger partial charge on any atom is -0.339 e. The molecule has 0 saturated carbocycles. The molecule has 0 N–H and O–H groups in total. The number of rotatable bonds is 2. The van der Waals surface area contributed by atoms with Crippen molar-refractivity contribution in [1.82, 2.24) is 14.7 Å². The van der Waals surface area contributed by atoms with E-state index in [-0.39, 0.29) is 38.6 Å². The molecule has 1 aliphatic heterocycles. The third-order valence-corrected chi connectivity index (χ3v) is 2.31. The summed E-state index contributed by atoms with van der Waals surface area (Å²) in [7, 11) is 5.94. The molecule has 1 aliphatic rings. The maximum atomic E-state index is 11.6. The Hall–Kier alpha value is 0.494. The Balaban J connectivity index is 0.00000169. The molecule has 0 atom stereocenters. The topological polar surface area (TPSA) is 26.8 Å². The van der Waals surface area contributed by atoms with Gasteiger partial charge in [0.1, 0.15) is 0 Å². The van der Waals surface area contributed by atoms with Gasteiger partial charge in [-0.25, -0.2) is 0 Å².